The first-order valence-electron chi connectivity index (χ1n) is 17.3. The molecule has 3 nitrogen and oxygen atoms in total. The van der Waals surface area contributed by atoms with Crippen molar-refractivity contribution >= 4 is 63.3 Å². The average molecular weight is 637 g/mol. The predicted molar refractivity (Wildman–Crippen MR) is 210 cm³/mol. The number of hydrogen-bond acceptors (Lipinski definition) is 3. The lowest BCUT2D eigenvalue weighted by atomic mass is 9.20. The lowest BCUT2D eigenvalue weighted by Gasteiger charge is -2.42. The van der Waals surface area contributed by atoms with Crippen LogP contribution >= 0.6 is 0 Å². The van der Waals surface area contributed by atoms with Crippen LogP contribution in [-0.2, 0) is 5.41 Å². The van der Waals surface area contributed by atoms with E-state index >= 15 is 0 Å². The number of nitrogens with zero attached hydrogens (tertiary/aromatic N) is 3. The highest BCUT2D eigenvalue weighted by Crippen LogP contribution is 2.53. The van der Waals surface area contributed by atoms with Crippen LogP contribution in [0.2, 0.25) is 0 Å². The summed E-state index contributed by atoms with van der Waals surface area (Å²) >= 11 is 0. The molecule has 3 heterocycles. The van der Waals surface area contributed by atoms with E-state index in [1.165, 1.54) is 38.4 Å². The molecular formula is C45H33B2N3. The number of anilines is 3. The summed E-state index contributed by atoms with van der Waals surface area (Å²) < 4.78 is 0. The van der Waals surface area contributed by atoms with Gasteiger partial charge in [0.15, 0.2) is 0 Å². The Balaban J connectivity index is 1.31. The van der Waals surface area contributed by atoms with Crippen LogP contribution in [0.1, 0.15) is 30.5 Å². The van der Waals surface area contributed by atoms with Crippen molar-refractivity contribution in [1.29, 1.82) is 5.26 Å². The number of benzene rings is 6. The second-order valence-corrected chi connectivity index (χ2v) is 13.8. The second-order valence-electron chi connectivity index (χ2n) is 13.8. The molecule has 2 aliphatic rings. The van der Waals surface area contributed by atoms with E-state index in [4.69, 9.17) is 4.98 Å². The number of fused-ring (bicyclic) bond motifs is 4. The van der Waals surface area contributed by atoms with E-state index in [9.17, 15) is 5.26 Å². The largest absolute Gasteiger partial charge is 0.309 e. The predicted octanol–water partition coefficient (Wildman–Crippen LogP) is 6.08. The van der Waals surface area contributed by atoms with Gasteiger partial charge in [0.2, 0.25) is 13.4 Å². The maximum atomic E-state index is 10.8. The summed E-state index contributed by atoms with van der Waals surface area (Å²) in [6.45, 7) is 4.55. The zero-order chi connectivity index (χ0) is 33.8. The molecule has 0 saturated heterocycles. The molecule has 0 amide bonds. The lowest BCUT2D eigenvalue weighted by molar-refractivity contribution is 0.632. The first kappa shape index (κ1) is 30.0. The molecule has 0 N–H and O–H groups in total. The molecule has 0 fully saturated rings. The molecule has 5 heteroatoms. The van der Waals surface area contributed by atoms with Crippen LogP contribution in [0.4, 0.5) is 17.1 Å². The Morgan fingerprint density at radius 3 is 1.58 bits per heavy atom. The Morgan fingerprint density at radius 1 is 0.520 bits per heavy atom. The highest BCUT2D eigenvalue weighted by atomic mass is 15.2. The molecule has 0 spiro atoms. The molecule has 0 saturated carbocycles. The summed E-state index contributed by atoms with van der Waals surface area (Å²) in [5.74, 6) is 0. The Hall–Kier alpha value is -6.11. The van der Waals surface area contributed by atoms with Gasteiger partial charge in [-0.25, -0.2) is 0 Å². The maximum Gasteiger partial charge on any atom is 0.242 e. The van der Waals surface area contributed by atoms with Gasteiger partial charge < -0.3 is 4.90 Å². The quantitative estimate of drug-likeness (QED) is 0.220. The third kappa shape index (κ3) is 4.49. The SMILES string of the molecule is CC1(C)c2ccccc2N(c2ccccc2-c2cncc(C#N)c2B2c3ccccc3B(c3ccccc3)c3ccccc32)c2ccccc21. The van der Waals surface area contributed by atoms with Crippen molar-refractivity contribution in [3.8, 4) is 17.2 Å². The molecule has 0 atom stereocenters. The van der Waals surface area contributed by atoms with E-state index in [2.05, 4.69) is 176 Å². The van der Waals surface area contributed by atoms with E-state index < -0.39 is 0 Å². The fourth-order valence-electron chi connectivity index (χ4n) is 8.63. The Kier molecular flexibility index (Phi) is 7.07. The van der Waals surface area contributed by atoms with Crippen molar-refractivity contribution in [2.24, 2.45) is 0 Å². The Morgan fingerprint density at radius 2 is 1.00 bits per heavy atom. The molecule has 234 valence electrons. The number of aromatic nitrogens is 1. The van der Waals surface area contributed by atoms with Gasteiger partial charge in [0, 0.05) is 23.4 Å². The van der Waals surface area contributed by atoms with Crippen molar-refractivity contribution in [3.63, 3.8) is 0 Å². The molecule has 0 aliphatic carbocycles. The molecule has 50 heavy (non-hydrogen) atoms. The fraction of sp³-hybridized carbons (Fsp3) is 0.0667. The number of rotatable bonds is 4. The van der Waals surface area contributed by atoms with Crippen LogP contribution in [0, 0.1) is 11.3 Å². The summed E-state index contributed by atoms with van der Waals surface area (Å²) in [6, 6.07) is 57.0. The van der Waals surface area contributed by atoms with Gasteiger partial charge in [-0.3, -0.25) is 4.98 Å². The first-order valence-corrected chi connectivity index (χ1v) is 17.3. The fourth-order valence-corrected chi connectivity index (χ4v) is 8.63. The van der Waals surface area contributed by atoms with Gasteiger partial charge >= 0.3 is 0 Å². The monoisotopic (exact) mass is 637 g/mol. The van der Waals surface area contributed by atoms with Crippen LogP contribution in [0.3, 0.4) is 0 Å². The normalized spacial score (nSPS) is 13.8. The van der Waals surface area contributed by atoms with Crippen molar-refractivity contribution in [3.05, 3.63) is 181 Å². The van der Waals surface area contributed by atoms with Gasteiger partial charge in [0.05, 0.1) is 22.6 Å². The molecule has 9 rings (SSSR count). The number of nitriles is 1. The molecule has 0 bridgehead atoms. The van der Waals surface area contributed by atoms with E-state index in [1.807, 2.05) is 6.20 Å². The Labute approximate surface area is 294 Å². The van der Waals surface area contributed by atoms with Crippen molar-refractivity contribution in [2.75, 3.05) is 4.90 Å². The minimum Gasteiger partial charge on any atom is -0.309 e. The Bertz CT molecular complexity index is 2370. The molecule has 6 aromatic carbocycles. The van der Waals surface area contributed by atoms with Crippen molar-refractivity contribution in [1.82, 2.24) is 4.98 Å². The maximum absolute atomic E-state index is 10.8. The molecular weight excluding hydrogens is 604 g/mol. The summed E-state index contributed by atoms with van der Waals surface area (Å²) in [5, 5.41) is 10.8. The summed E-state index contributed by atoms with van der Waals surface area (Å²) in [7, 11) is 0. The van der Waals surface area contributed by atoms with Crippen LogP contribution in [-0.4, -0.2) is 18.4 Å². The van der Waals surface area contributed by atoms with E-state index in [0.29, 0.717) is 5.56 Å². The summed E-state index contributed by atoms with van der Waals surface area (Å²) in [4.78, 5) is 7.12. The molecule has 0 radical (unpaired) electrons. The number of para-hydroxylation sites is 3. The van der Waals surface area contributed by atoms with Gasteiger partial charge in [0.1, 0.15) is 6.07 Å². The number of hydrogen-bond donors (Lipinski definition) is 0. The number of pyridine rings is 1. The average Bonchev–Trinajstić information content (AvgIpc) is 3.17. The van der Waals surface area contributed by atoms with Crippen LogP contribution in [0.5, 0.6) is 0 Å². The van der Waals surface area contributed by atoms with Crippen LogP contribution in [0.15, 0.2) is 164 Å². The van der Waals surface area contributed by atoms with Gasteiger partial charge in [0.25, 0.3) is 0 Å². The van der Waals surface area contributed by atoms with Crippen LogP contribution in [0.25, 0.3) is 11.1 Å². The zero-order valence-electron chi connectivity index (χ0n) is 28.1. The zero-order valence-corrected chi connectivity index (χ0v) is 28.1. The smallest absolute Gasteiger partial charge is 0.242 e. The third-order valence-corrected chi connectivity index (χ3v) is 10.8. The topological polar surface area (TPSA) is 39.9 Å². The molecule has 1 aromatic heterocycles. The molecule has 2 aliphatic heterocycles. The summed E-state index contributed by atoms with van der Waals surface area (Å²) in [6.07, 6.45) is 3.71. The standard InChI is InChI=1S/C45H33B2N3/c1-45(2)35-19-7-14-26-42(35)50(43-27-15-8-20-36(43)45)41-25-13-6-18-33(41)34-30-49-29-31(28-48)44(34)47-39-23-11-9-21-37(39)46(32-16-4-3-5-17-32)38-22-10-12-24-40(38)47/h3-27,29-30H,1-2H3. The molecule has 7 aromatic rings. The van der Waals surface area contributed by atoms with Gasteiger partial charge in [-0.1, -0.05) is 175 Å². The van der Waals surface area contributed by atoms with Gasteiger partial charge in [-0.2, -0.15) is 5.26 Å². The third-order valence-electron chi connectivity index (χ3n) is 10.8. The van der Waals surface area contributed by atoms with Gasteiger partial charge in [-0.15, -0.1) is 0 Å². The van der Waals surface area contributed by atoms with Crippen molar-refractivity contribution < 1.29 is 0 Å². The van der Waals surface area contributed by atoms with E-state index in [1.54, 1.807) is 6.20 Å². The summed E-state index contributed by atoms with van der Waals surface area (Å²) in [5.41, 5.74) is 15.6. The molecule has 0 unspecified atom stereocenters. The highest BCUT2D eigenvalue weighted by molar-refractivity contribution is 7.11. The van der Waals surface area contributed by atoms with Crippen molar-refractivity contribution in [2.45, 2.75) is 19.3 Å². The van der Waals surface area contributed by atoms with Crippen LogP contribution < -0.4 is 37.7 Å². The minimum atomic E-state index is -0.170. The minimum absolute atomic E-state index is 0.0904. The van der Waals surface area contributed by atoms with Gasteiger partial charge in [-0.05, 0) is 40.4 Å². The highest BCUT2D eigenvalue weighted by Gasteiger charge is 2.41. The lowest BCUT2D eigenvalue weighted by Crippen LogP contribution is -2.75. The van der Waals surface area contributed by atoms with E-state index in [0.717, 1.165) is 33.7 Å². The second kappa shape index (κ2) is 11.8. The first-order chi connectivity index (χ1) is 24.6. The van der Waals surface area contributed by atoms with E-state index in [-0.39, 0.29) is 18.8 Å².